The number of methoxy groups -OCH3 is 2. The molecular formula is C30H37N3O6S. The minimum atomic E-state index is -4.13. The van der Waals surface area contributed by atoms with Crippen LogP contribution in [-0.2, 0) is 26.2 Å². The Balaban J connectivity index is 2.02. The first-order valence-corrected chi connectivity index (χ1v) is 14.5. The van der Waals surface area contributed by atoms with E-state index in [2.05, 4.69) is 5.32 Å². The van der Waals surface area contributed by atoms with Crippen molar-refractivity contribution < 1.29 is 27.5 Å². The normalized spacial score (nSPS) is 12.6. The number of rotatable bonds is 13. The van der Waals surface area contributed by atoms with Gasteiger partial charge in [-0.1, -0.05) is 37.3 Å². The van der Waals surface area contributed by atoms with E-state index in [1.165, 1.54) is 24.1 Å². The molecule has 0 spiro atoms. The fourth-order valence-electron chi connectivity index (χ4n) is 4.01. The van der Waals surface area contributed by atoms with Gasteiger partial charge in [-0.3, -0.25) is 13.9 Å². The van der Waals surface area contributed by atoms with E-state index in [0.29, 0.717) is 11.5 Å². The zero-order chi connectivity index (χ0) is 29.3. The van der Waals surface area contributed by atoms with Crippen molar-refractivity contribution in [1.82, 2.24) is 10.2 Å². The molecule has 0 aliphatic rings. The maximum absolute atomic E-state index is 14.0. The summed E-state index contributed by atoms with van der Waals surface area (Å²) in [5.74, 6) is 0.285. The van der Waals surface area contributed by atoms with Gasteiger partial charge >= 0.3 is 0 Å². The van der Waals surface area contributed by atoms with E-state index in [1.54, 1.807) is 74.7 Å². The monoisotopic (exact) mass is 567 g/mol. The Labute approximate surface area is 236 Å². The molecule has 0 aliphatic heterocycles. The Hall–Kier alpha value is -4.05. The van der Waals surface area contributed by atoms with Gasteiger partial charge in [0.25, 0.3) is 10.0 Å². The molecule has 3 rings (SSSR count). The van der Waals surface area contributed by atoms with Crippen LogP contribution in [0.5, 0.6) is 11.5 Å². The number of anilines is 1. The Morgan fingerprint density at radius 2 is 1.52 bits per heavy atom. The first kappa shape index (κ1) is 30.5. The molecule has 0 radical (unpaired) electrons. The van der Waals surface area contributed by atoms with E-state index in [1.807, 2.05) is 19.9 Å². The standard InChI is InChI=1S/C30H37N3O6S/c1-6-22(2)31-30(35)23(3)32(20-24-11-10-12-27(19-24)39-5)29(34)21-33(25-15-17-26(38-4)18-16-25)40(36,37)28-13-8-7-9-14-28/h7-19,22-23H,6,20-21H2,1-5H3,(H,31,35)/t22-,23-/m0/s1. The average Bonchev–Trinajstić information content (AvgIpc) is 2.98. The van der Waals surface area contributed by atoms with Crippen LogP contribution in [0.25, 0.3) is 0 Å². The van der Waals surface area contributed by atoms with Crippen LogP contribution in [0.4, 0.5) is 5.69 Å². The molecule has 0 bridgehead atoms. The van der Waals surface area contributed by atoms with Crippen molar-refractivity contribution in [2.75, 3.05) is 25.1 Å². The predicted molar refractivity (Wildman–Crippen MR) is 155 cm³/mol. The van der Waals surface area contributed by atoms with Gasteiger partial charge in [0.05, 0.1) is 24.8 Å². The highest BCUT2D eigenvalue weighted by Gasteiger charge is 2.32. The summed E-state index contributed by atoms with van der Waals surface area (Å²) in [5.41, 5.74) is 1.02. The van der Waals surface area contributed by atoms with Crippen LogP contribution in [0, 0.1) is 0 Å². The summed E-state index contributed by atoms with van der Waals surface area (Å²) < 4.78 is 39.2. The van der Waals surface area contributed by atoms with Crippen molar-refractivity contribution >= 4 is 27.5 Å². The highest BCUT2D eigenvalue weighted by Crippen LogP contribution is 2.26. The number of carbonyl (C=O) groups excluding carboxylic acids is 2. The molecule has 0 aliphatic carbocycles. The average molecular weight is 568 g/mol. The maximum Gasteiger partial charge on any atom is 0.264 e. The van der Waals surface area contributed by atoms with Crippen LogP contribution in [0.1, 0.15) is 32.8 Å². The molecule has 214 valence electrons. The van der Waals surface area contributed by atoms with Gasteiger partial charge in [-0.2, -0.15) is 0 Å². The molecular weight excluding hydrogens is 530 g/mol. The van der Waals surface area contributed by atoms with Crippen molar-refractivity contribution in [1.29, 1.82) is 0 Å². The lowest BCUT2D eigenvalue weighted by Crippen LogP contribution is -2.52. The van der Waals surface area contributed by atoms with Gasteiger partial charge in [0.1, 0.15) is 24.1 Å². The molecule has 0 unspecified atom stereocenters. The minimum absolute atomic E-state index is 0.0422. The molecule has 2 atom stereocenters. The Kier molecular flexibility index (Phi) is 10.6. The van der Waals surface area contributed by atoms with Crippen LogP contribution < -0.4 is 19.1 Å². The molecule has 0 heterocycles. The number of carbonyl (C=O) groups is 2. The quantitative estimate of drug-likeness (QED) is 0.332. The Morgan fingerprint density at radius 3 is 2.12 bits per heavy atom. The molecule has 0 fully saturated rings. The number of nitrogens with zero attached hydrogens (tertiary/aromatic N) is 2. The predicted octanol–water partition coefficient (Wildman–Crippen LogP) is 4.23. The van der Waals surface area contributed by atoms with E-state index in [9.17, 15) is 18.0 Å². The zero-order valence-electron chi connectivity index (χ0n) is 23.5. The van der Waals surface area contributed by atoms with E-state index in [4.69, 9.17) is 9.47 Å². The molecule has 0 saturated heterocycles. The first-order valence-electron chi connectivity index (χ1n) is 13.0. The number of ether oxygens (including phenoxy) is 2. The smallest absolute Gasteiger partial charge is 0.264 e. The lowest BCUT2D eigenvalue weighted by molar-refractivity contribution is -0.139. The van der Waals surface area contributed by atoms with E-state index in [-0.39, 0.29) is 29.1 Å². The number of amides is 2. The largest absolute Gasteiger partial charge is 0.497 e. The molecule has 3 aromatic carbocycles. The van der Waals surface area contributed by atoms with Gasteiger partial charge in [-0.05, 0) is 74.4 Å². The summed E-state index contributed by atoms with van der Waals surface area (Å²) in [6.07, 6.45) is 0.725. The van der Waals surface area contributed by atoms with Crippen molar-refractivity contribution in [3.8, 4) is 11.5 Å². The molecule has 40 heavy (non-hydrogen) atoms. The number of sulfonamides is 1. The molecule has 3 aromatic rings. The van der Waals surface area contributed by atoms with Gasteiger partial charge < -0.3 is 19.7 Å². The number of hydrogen-bond donors (Lipinski definition) is 1. The van der Waals surface area contributed by atoms with Crippen LogP contribution in [-0.4, -0.2) is 58.0 Å². The second kappa shape index (κ2) is 13.8. The van der Waals surface area contributed by atoms with Crippen LogP contribution >= 0.6 is 0 Å². The van der Waals surface area contributed by atoms with Crippen LogP contribution in [0.15, 0.2) is 83.8 Å². The summed E-state index contributed by atoms with van der Waals surface area (Å²) in [5, 5.41) is 2.92. The molecule has 10 heteroatoms. The molecule has 9 nitrogen and oxygen atoms in total. The minimum Gasteiger partial charge on any atom is -0.497 e. The second-order valence-electron chi connectivity index (χ2n) is 9.39. The number of nitrogens with one attached hydrogen (secondary N) is 1. The van der Waals surface area contributed by atoms with Gasteiger partial charge in [-0.15, -0.1) is 0 Å². The molecule has 2 amide bonds. The van der Waals surface area contributed by atoms with Gasteiger partial charge in [-0.25, -0.2) is 8.42 Å². The third kappa shape index (κ3) is 7.53. The van der Waals surface area contributed by atoms with Crippen molar-refractivity contribution in [2.45, 2.75) is 50.7 Å². The number of benzene rings is 3. The van der Waals surface area contributed by atoms with E-state index < -0.39 is 28.5 Å². The lowest BCUT2D eigenvalue weighted by atomic mass is 10.1. The fourth-order valence-corrected chi connectivity index (χ4v) is 5.45. The number of hydrogen-bond acceptors (Lipinski definition) is 6. The third-order valence-electron chi connectivity index (χ3n) is 6.63. The summed E-state index contributed by atoms with van der Waals surface area (Å²) >= 11 is 0. The Morgan fingerprint density at radius 1 is 0.875 bits per heavy atom. The van der Waals surface area contributed by atoms with Crippen molar-refractivity contribution in [3.63, 3.8) is 0 Å². The van der Waals surface area contributed by atoms with Gasteiger partial charge in [0, 0.05) is 12.6 Å². The summed E-state index contributed by atoms with van der Waals surface area (Å²) in [6.45, 7) is 5.04. The van der Waals surface area contributed by atoms with Gasteiger partial charge in [0.2, 0.25) is 11.8 Å². The highest BCUT2D eigenvalue weighted by molar-refractivity contribution is 7.92. The molecule has 0 aromatic heterocycles. The zero-order valence-corrected chi connectivity index (χ0v) is 24.4. The van der Waals surface area contributed by atoms with Crippen molar-refractivity contribution in [2.24, 2.45) is 0 Å². The van der Waals surface area contributed by atoms with Crippen molar-refractivity contribution in [3.05, 3.63) is 84.4 Å². The highest BCUT2D eigenvalue weighted by atomic mass is 32.2. The topological polar surface area (TPSA) is 105 Å². The van der Waals surface area contributed by atoms with Gasteiger partial charge in [0.15, 0.2) is 0 Å². The van der Waals surface area contributed by atoms with Crippen LogP contribution in [0.2, 0.25) is 0 Å². The third-order valence-corrected chi connectivity index (χ3v) is 8.41. The van der Waals surface area contributed by atoms with E-state index in [0.717, 1.165) is 16.3 Å². The fraction of sp³-hybridized carbons (Fsp3) is 0.333. The second-order valence-corrected chi connectivity index (χ2v) is 11.3. The lowest BCUT2D eigenvalue weighted by Gasteiger charge is -2.32. The summed E-state index contributed by atoms with van der Waals surface area (Å²) in [6, 6.07) is 20.6. The van der Waals surface area contributed by atoms with E-state index >= 15 is 0 Å². The first-order chi connectivity index (χ1) is 19.1. The van der Waals surface area contributed by atoms with Crippen LogP contribution in [0.3, 0.4) is 0 Å². The molecule has 1 N–H and O–H groups in total. The molecule has 0 saturated carbocycles. The summed E-state index contributed by atoms with van der Waals surface area (Å²) in [4.78, 5) is 28.5. The Bertz CT molecular complexity index is 1380. The maximum atomic E-state index is 14.0. The SMILES string of the molecule is CC[C@H](C)NC(=O)[C@H](C)N(Cc1cccc(OC)c1)C(=O)CN(c1ccc(OC)cc1)S(=O)(=O)c1ccccc1. The summed E-state index contributed by atoms with van der Waals surface area (Å²) in [7, 11) is -1.07.